The maximum Gasteiger partial charge on any atom is 0.137 e. The second-order valence-electron chi connectivity index (χ2n) is 6.32. The van der Waals surface area contributed by atoms with E-state index in [4.69, 9.17) is 4.42 Å². The lowest BCUT2D eigenvalue weighted by atomic mass is 10.0. The predicted molar refractivity (Wildman–Crippen MR) is 92.7 cm³/mol. The fourth-order valence-corrected chi connectivity index (χ4v) is 2.78. The number of hydrogen-bond acceptors (Lipinski definition) is 5. The zero-order valence-corrected chi connectivity index (χ0v) is 14.2. The van der Waals surface area contributed by atoms with Gasteiger partial charge < -0.3 is 14.8 Å². The Kier molecular flexibility index (Phi) is 4.19. The lowest BCUT2D eigenvalue weighted by molar-refractivity contribution is 0.0468. The van der Waals surface area contributed by atoms with Crippen molar-refractivity contribution in [1.82, 2.24) is 4.98 Å². The highest BCUT2D eigenvalue weighted by molar-refractivity contribution is 5.95. The summed E-state index contributed by atoms with van der Waals surface area (Å²) in [6, 6.07) is 8.26. The molecule has 0 aliphatic heterocycles. The molecule has 0 spiro atoms. The summed E-state index contributed by atoms with van der Waals surface area (Å²) in [5, 5.41) is 23.6. The van der Waals surface area contributed by atoms with Crippen molar-refractivity contribution >= 4 is 16.6 Å². The van der Waals surface area contributed by atoms with Crippen molar-refractivity contribution in [1.29, 1.82) is 5.26 Å². The average molecular weight is 339 g/mol. The van der Waals surface area contributed by atoms with E-state index in [-0.39, 0.29) is 12.1 Å². The van der Waals surface area contributed by atoms with Crippen LogP contribution in [0.15, 0.2) is 34.9 Å². The molecule has 3 rings (SSSR count). The molecule has 2 N–H and O–H groups in total. The molecule has 6 heteroatoms. The van der Waals surface area contributed by atoms with Gasteiger partial charge >= 0.3 is 0 Å². The highest BCUT2D eigenvalue weighted by Crippen LogP contribution is 2.30. The number of aryl methyl sites for hydroxylation is 2. The van der Waals surface area contributed by atoms with Crippen molar-refractivity contribution in [2.45, 2.75) is 26.4 Å². The minimum absolute atomic E-state index is 0.0866. The second-order valence-corrected chi connectivity index (χ2v) is 6.32. The van der Waals surface area contributed by atoms with Crippen molar-refractivity contribution < 1.29 is 13.9 Å². The largest absolute Gasteiger partial charge is 0.463 e. The van der Waals surface area contributed by atoms with E-state index in [9.17, 15) is 14.8 Å². The summed E-state index contributed by atoms with van der Waals surface area (Å²) in [6.45, 7) is 5.25. The summed E-state index contributed by atoms with van der Waals surface area (Å²) < 4.78 is 19.3. The van der Waals surface area contributed by atoms with Crippen molar-refractivity contribution in [3.05, 3.63) is 58.9 Å². The Hall–Kier alpha value is -2.91. The van der Waals surface area contributed by atoms with Gasteiger partial charge in [0.1, 0.15) is 29.0 Å². The van der Waals surface area contributed by atoms with E-state index in [1.807, 2.05) is 0 Å². The Balaban J connectivity index is 2.02. The molecule has 1 aromatic carbocycles. The maximum atomic E-state index is 13.9. The summed E-state index contributed by atoms with van der Waals surface area (Å²) in [4.78, 5) is 4.25. The smallest absolute Gasteiger partial charge is 0.137 e. The number of pyridine rings is 1. The number of aliphatic hydroxyl groups is 1. The van der Waals surface area contributed by atoms with Crippen molar-refractivity contribution in [2.75, 3.05) is 11.9 Å². The molecular weight excluding hydrogens is 321 g/mol. The van der Waals surface area contributed by atoms with E-state index in [2.05, 4.69) is 16.4 Å². The first-order chi connectivity index (χ1) is 11.8. The highest BCUT2D eigenvalue weighted by Gasteiger charge is 2.27. The lowest BCUT2D eigenvalue weighted by Crippen LogP contribution is -2.30. The number of fused-ring (bicyclic) bond motifs is 1. The zero-order chi connectivity index (χ0) is 18.2. The third-order valence-electron chi connectivity index (χ3n) is 4.13. The fourth-order valence-electron chi connectivity index (χ4n) is 2.78. The average Bonchev–Trinajstić information content (AvgIpc) is 2.99. The van der Waals surface area contributed by atoms with Gasteiger partial charge in [0.05, 0.1) is 23.3 Å². The molecule has 25 heavy (non-hydrogen) atoms. The minimum atomic E-state index is -1.29. The normalized spacial score (nSPS) is 13.4. The van der Waals surface area contributed by atoms with E-state index in [1.54, 1.807) is 32.9 Å². The lowest BCUT2D eigenvalue weighted by Gasteiger charge is -2.23. The quantitative estimate of drug-likeness (QED) is 0.756. The topological polar surface area (TPSA) is 82.1 Å². The highest BCUT2D eigenvalue weighted by atomic mass is 19.1. The minimum Gasteiger partial charge on any atom is -0.463 e. The third kappa shape index (κ3) is 3.19. The van der Waals surface area contributed by atoms with E-state index in [0.29, 0.717) is 33.7 Å². The number of hydrogen-bond donors (Lipinski definition) is 2. The number of benzene rings is 1. The van der Waals surface area contributed by atoms with Gasteiger partial charge in [-0.15, -0.1) is 0 Å². The molecule has 0 radical (unpaired) electrons. The molecule has 0 bridgehead atoms. The van der Waals surface area contributed by atoms with Gasteiger partial charge in [0, 0.05) is 11.6 Å². The molecule has 0 saturated carbocycles. The Labute approximate surface area is 144 Å². The molecule has 0 fully saturated rings. The Morgan fingerprint density at radius 2 is 2.12 bits per heavy atom. The molecule has 2 aromatic heterocycles. The molecule has 0 amide bonds. The third-order valence-corrected chi connectivity index (χ3v) is 4.13. The van der Waals surface area contributed by atoms with Crippen LogP contribution in [0.3, 0.4) is 0 Å². The predicted octanol–water partition coefficient (Wildman–Crippen LogP) is 3.78. The van der Waals surface area contributed by atoms with E-state index >= 15 is 0 Å². The van der Waals surface area contributed by atoms with Crippen LogP contribution >= 0.6 is 0 Å². The summed E-state index contributed by atoms with van der Waals surface area (Å²) in [7, 11) is 0. The summed E-state index contributed by atoms with van der Waals surface area (Å²) >= 11 is 0. The van der Waals surface area contributed by atoms with Gasteiger partial charge in [-0.1, -0.05) is 0 Å². The zero-order valence-electron chi connectivity index (χ0n) is 14.2. The van der Waals surface area contributed by atoms with Crippen LogP contribution in [0.25, 0.3) is 10.9 Å². The Morgan fingerprint density at radius 1 is 1.36 bits per heavy atom. The Morgan fingerprint density at radius 3 is 2.76 bits per heavy atom. The molecule has 1 atom stereocenters. The van der Waals surface area contributed by atoms with Crippen LogP contribution in [-0.4, -0.2) is 16.6 Å². The number of rotatable bonds is 4. The van der Waals surface area contributed by atoms with Gasteiger partial charge in [0.2, 0.25) is 0 Å². The first-order valence-electron chi connectivity index (χ1n) is 7.84. The number of nitrogens with zero attached hydrogens (tertiary/aromatic N) is 2. The number of aromatic nitrogens is 1. The number of nitriles is 1. The standard InChI is InChI=1S/C19H18FN3O2/c1-11-6-14(20)7-15-17(11)22-9-13(8-21)18(15)23-10-19(3,24)16-5-4-12(2)25-16/h4-7,9,24H,10H2,1-3H3,(H,22,23). The van der Waals surface area contributed by atoms with Crippen LogP contribution in [0.2, 0.25) is 0 Å². The van der Waals surface area contributed by atoms with Crippen LogP contribution in [0.4, 0.5) is 10.1 Å². The van der Waals surface area contributed by atoms with Crippen molar-refractivity contribution in [2.24, 2.45) is 0 Å². The molecule has 1 unspecified atom stereocenters. The van der Waals surface area contributed by atoms with Crippen LogP contribution in [-0.2, 0) is 5.60 Å². The monoisotopic (exact) mass is 339 g/mol. The summed E-state index contributed by atoms with van der Waals surface area (Å²) in [6.07, 6.45) is 1.45. The van der Waals surface area contributed by atoms with Gasteiger partial charge in [-0.2, -0.15) is 5.26 Å². The number of halogens is 1. The molecule has 2 heterocycles. The van der Waals surface area contributed by atoms with Crippen molar-refractivity contribution in [3.8, 4) is 6.07 Å². The van der Waals surface area contributed by atoms with E-state index in [1.165, 1.54) is 18.3 Å². The van der Waals surface area contributed by atoms with Crippen LogP contribution in [0.5, 0.6) is 0 Å². The molecule has 3 aromatic rings. The van der Waals surface area contributed by atoms with Crippen LogP contribution < -0.4 is 5.32 Å². The first kappa shape index (κ1) is 16.9. The fraction of sp³-hybridized carbons (Fsp3) is 0.263. The maximum absolute atomic E-state index is 13.9. The SMILES string of the molecule is Cc1ccc(C(C)(O)CNc2c(C#N)cnc3c(C)cc(F)cc23)o1. The molecule has 128 valence electrons. The number of furan rings is 1. The van der Waals surface area contributed by atoms with E-state index < -0.39 is 11.4 Å². The second kappa shape index (κ2) is 6.19. The summed E-state index contributed by atoms with van der Waals surface area (Å²) in [5.41, 5.74) is 0.716. The van der Waals surface area contributed by atoms with Gasteiger partial charge in [0.25, 0.3) is 0 Å². The van der Waals surface area contributed by atoms with Crippen LogP contribution in [0.1, 0.15) is 29.6 Å². The number of nitrogens with one attached hydrogen (secondary N) is 1. The molecule has 0 aliphatic rings. The molecule has 5 nitrogen and oxygen atoms in total. The van der Waals surface area contributed by atoms with Gasteiger partial charge in [-0.3, -0.25) is 4.98 Å². The Bertz CT molecular complexity index is 986. The molecule has 0 aliphatic carbocycles. The van der Waals surface area contributed by atoms with Gasteiger partial charge in [-0.25, -0.2) is 4.39 Å². The first-order valence-corrected chi connectivity index (χ1v) is 7.84. The van der Waals surface area contributed by atoms with Crippen molar-refractivity contribution in [3.63, 3.8) is 0 Å². The van der Waals surface area contributed by atoms with Gasteiger partial charge in [-0.05, 0) is 50.6 Å². The summed E-state index contributed by atoms with van der Waals surface area (Å²) in [5.74, 6) is 0.704. The van der Waals surface area contributed by atoms with E-state index in [0.717, 1.165) is 0 Å². The molecular formula is C19H18FN3O2. The van der Waals surface area contributed by atoms with Gasteiger partial charge in [0.15, 0.2) is 0 Å². The number of anilines is 1. The van der Waals surface area contributed by atoms with Crippen LogP contribution in [0, 0.1) is 31.0 Å². The molecule has 0 saturated heterocycles.